The fraction of sp³-hybridized carbons (Fsp3) is 0.478. The number of aliphatic hydroxyl groups is 1. The smallest absolute Gasteiger partial charge is 0.0940 e. The molecule has 0 heterocycles. The van der Waals surface area contributed by atoms with Gasteiger partial charge in [-0.05, 0) is 74.6 Å². The molecule has 2 aromatic rings. The SMILES string of the molecule is CC(CCCc1ccccc1)NC(C)C(O)c1ccc2c(c1)CCC2. The Labute approximate surface area is 152 Å². The Hall–Kier alpha value is -1.64. The quantitative estimate of drug-likeness (QED) is 0.738. The molecule has 0 saturated heterocycles. The summed E-state index contributed by atoms with van der Waals surface area (Å²) >= 11 is 0. The van der Waals surface area contributed by atoms with E-state index >= 15 is 0 Å². The first-order chi connectivity index (χ1) is 12.1. The van der Waals surface area contributed by atoms with E-state index in [4.69, 9.17) is 0 Å². The van der Waals surface area contributed by atoms with Crippen molar-refractivity contribution >= 4 is 0 Å². The highest BCUT2D eigenvalue weighted by Gasteiger charge is 2.20. The fourth-order valence-electron chi connectivity index (χ4n) is 3.94. The van der Waals surface area contributed by atoms with Crippen molar-refractivity contribution in [3.63, 3.8) is 0 Å². The van der Waals surface area contributed by atoms with Crippen molar-refractivity contribution in [3.05, 3.63) is 70.8 Å². The average Bonchev–Trinajstić information content (AvgIpc) is 3.09. The second-order valence-corrected chi connectivity index (χ2v) is 7.56. The molecule has 2 N–H and O–H groups in total. The van der Waals surface area contributed by atoms with Crippen LogP contribution in [0.5, 0.6) is 0 Å². The van der Waals surface area contributed by atoms with Crippen molar-refractivity contribution in [2.45, 2.75) is 70.6 Å². The summed E-state index contributed by atoms with van der Waals surface area (Å²) in [5, 5.41) is 14.3. The summed E-state index contributed by atoms with van der Waals surface area (Å²) in [7, 11) is 0. The van der Waals surface area contributed by atoms with E-state index in [0.29, 0.717) is 6.04 Å². The van der Waals surface area contributed by atoms with Crippen molar-refractivity contribution in [3.8, 4) is 0 Å². The topological polar surface area (TPSA) is 32.3 Å². The van der Waals surface area contributed by atoms with Crippen LogP contribution in [0.4, 0.5) is 0 Å². The second kappa shape index (κ2) is 8.64. The average molecular weight is 338 g/mol. The van der Waals surface area contributed by atoms with Crippen LogP contribution in [0.15, 0.2) is 48.5 Å². The van der Waals surface area contributed by atoms with Gasteiger partial charge in [-0.3, -0.25) is 0 Å². The lowest BCUT2D eigenvalue weighted by Crippen LogP contribution is -2.38. The molecular weight excluding hydrogens is 306 g/mol. The highest BCUT2D eigenvalue weighted by molar-refractivity contribution is 5.36. The number of benzene rings is 2. The standard InChI is InChI=1S/C23H31NO/c1-17(8-6-11-19-9-4-3-5-10-19)24-18(2)23(25)22-15-14-20-12-7-13-21(20)16-22/h3-5,9-10,14-18,23-25H,6-8,11-13H2,1-2H3. The molecule has 134 valence electrons. The molecule has 0 aliphatic heterocycles. The predicted octanol–water partition coefficient (Wildman–Crippen LogP) is 4.60. The van der Waals surface area contributed by atoms with Crippen molar-refractivity contribution in [2.75, 3.05) is 0 Å². The maximum Gasteiger partial charge on any atom is 0.0940 e. The maximum atomic E-state index is 10.7. The molecule has 0 bridgehead atoms. The zero-order valence-corrected chi connectivity index (χ0v) is 15.5. The Morgan fingerprint density at radius 3 is 2.56 bits per heavy atom. The first kappa shape index (κ1) is 18.2. The molecule has 2 heteroatoms. The molecule has 0 radical (unpaired) electrons. The zero-order chi connectivity index (χ0) is 17.6. The third kappa shape index (κ3) is 4.93. The lowest BCUT2D eigenvalue weighted by atomic mass is 9.98. The first-order valence-electron chi connectivity index (χ1n) is 9.73. The zero-order valence-electron chi connectivity index (χ0n) is 15.5. The molecule has 2 nitrogen and oxygen atoms in total. The second-order valence-electron chi connectivity index (χ2n) is 7.56. The van der Waals surface area contributed by atoms with Gasteiger partial charge in [0.25, 0.3) is 0 Å². The molecule has 0 spiro atoms. The Kier molecular flexibility index (Phi) is 6.28. The van der Waals surface area contributed by atoms with Crippen molar-refractivity contribution in [1.82, 2.24) is 5.32 Å². The summed E-state index contributed by atoms with van der Waals surface area (Å²) in [6.07, 6.45) is 6.57. The van der Waals surface area contributed by atoms with E-state index < -0.39 is 6.10 Å². The van der Waals surface area contributed by atoms with Crippen LogP contribution in [-0.2, 0) is 19.3 Å². The van der Waals surface area contributed by atoms with Gasteiger partial charge >= 0.3 is 0 Å². The summed E-state index contributed by atoms with van der Waals surface area (Å²) in [4.78, 5) is 0. The van der Waals surface area contributed by atoms with E-state index in [1.54, 1.807) is 0 Å². The molecule has 2 aromatic carbocycles. The molecule has 3 rings (SSSR count). The van der Waals surface area contributed by atoms with Crippen LogP contribution in [0, 0.1) is 0 Å². The van der Waals surface area contributed by atoms with E-state index in [1.807, 2.05) is 0 Å². The summed E-state index contributed by atoms with van der Waals surface area (Å²) in [5.74, 6) is 0. The van der Waals surface area contributed by atoms with Gasteiger partial charge in [-0.1, -0.05) is 48.5 Å². The minimum absolute atomic E-state index is 0.0613. The molecular formula is C23H31NO. The van der Waals surface area contributed by atoms with Crippen LogP contribution in [0.2, 0.25) is 0 Å². The molecule has 0 saturated carbocycles. The first-order valence-corrected chi connectivity index (χ1v) is 9.73. The molecule has 0 amide bonds. The Bertz CT molecular complexity index is 667. The number of aryl methyl sites for hydroxylation is 3. The van der Waals surface area contributed by atoms with Crippen molar-refractivity contribution < 1.29 is 5.11 Å². The van der Waals surface area contributed by atoms with Crippen LogP contribution in [0.25, 0.3) is 0 Å². The molecule has 3 atom stereocenters. The van der Waals surface area contributed by atoms with Crippen LogP contribution in [-0.4, -0.2) is 17.2 Å². The van der Waals surface area contributed by atoms with Crippen molar-refractivity contribution in [1.29, 1.82) is 0 Å². The Morgan fingerprint density at radius 1 is 1.00 bits per heavy atom. The van der Waals surface area contributed by atoms with Gasteiger partial charge < -0.3 is 10.4 Å². The van der Waals surface area contributed by atoms with Crippen LogP contribution < -0.4 is 5.32 Å². The molecule has 1 aliphatic rings. The number of aliphatic hydroxyl groups excluding tert-OH is 1. The van der Waals surface area contributed by atoms with Gasteiger partial charge in [0.1, 0.15) is 0 Å². The van der Waals surface area contributed by atoms with Gasteiger partial charge in [0.15, 0.2) is 0 Å². The summed E-state index contributed by atoms with van der Waals surface area (Å²) in [6.45, 7) is 4.31. The van der Waals surface area contributed by atoms with Gasteiger partial charge in [0, 0.05) is 12.1 Å². The maximum absolute atomic E-state index is 10.7. The molecule has 0 fully saturated rings. The molecule has 3 unspecified atom stereocenters. The van der Waals surface area contributed by atoms with Crippen LogP contribution in [0.3, 0.4) is 0 Å². The number of hydrogen-bond donors (Lipinski definition) is 2. The highest BCUT2D eigenvalue weighted by atomic mass is 16.3. The van der Waals surface area contributed by atoms with Crippen LogP contribution in [0.1, 0.15) is 61.5 Å². The van der Waals surface area contributed by atoms with Crippen LogP contribution >= 0.6 is 0 Å². The van der Waals surface area contributed by atoms with E-state index in [9.17, 15) is 5.11 Å². The Morgan fingerprint density at radius 2 is 1.76 bits per heavy atom. The number of hydrogen-bond acceptors (Lipinski definition) is 2. The van der Waals surface area contributed by atoms with E-state index in [-0.39, 0.29) is 6.04 Å². The fourth-order valence-corrected chi connectivity index (χ4v) is 3.94. The number of fused-ring (bicyclic) bond motifs is 1. The van der Waals surface area contributed by atoms with E-state index in [0.717, 1.165) is 24.8 Å². The van der Waals surface area contributed by atoms with Gasteiger partial charge in [0.2, 0.25) is 0 Å². The number of nitrogens with one attached hydrogen (secondary N) is 1. The van der Waals surface area contributed by atoms with Crippen molar-refractivity contribution in [2.24, 2.45) is 0 Å². The lowest BCUT2D eigenvalue weighted by Gasteiger charge is -2.25. The third-order valence-electron chi connectivity index (χ3n) is 5.43. The monoisotopic (exact) mass is 337 g/mol. The Balaban J connectivity index is 1.46. The summed E-state index contributed by atoms with van der Waals surface area (Å²) in [5.41, 5.74) is 5.35. The molecule has 25 heavy (non-hydrogen) atoms. The van der Waals surface area contributed by atoms with Gasteiger partial charge in [-0.25, -0.2) is 0 Å². The van der Waals surface area contributed by atoms with E-state index in [1.165, 1.54) is 36.0 Å². The lowest BCUT2D eigenvalue weighted by molar-refractivity contribution is 0.129. The molecule has 0 aromatic heterocycles. The normalized spacial score (nSPS) is 17.1. The largest absolute Gasteiger partial charge is 0.387 e. The number of rotatable bonds is 8. The molecule has 1 aliphatic carbocycles. The highest BCUT2D eigenvalue weighted by Crippen LogP contribution is 2.26. The minimum atomic E-state index is -0.442. The summed E-state index contributed by atoms with van der Waals surface area (Å²) in [6, 6.07) is 17.6. The van der Waals surface area contributed by atoms with Gasteiger partial charge in [-0.15, -0.1) is 0 Å². The predicted molar refractivity (Wildman–Crippen MR) is 105 cm³/mol. The minimum Gasteiger partial charge on any atom is -0.387 e. The van der Waals surface area contributed by atoms with E-state index in [2.05, 4.69) is 67.7 Å². The third-order valence-corrected chi connectivity index (χ3v) is 5.43. The van der Waals surface area contributed by atoms with Gasteiger partial charge in [-0.2, -0.15) is 0 Å². The van der Waals surface area contributed by atoms with Gasteiger partial charge in [0.05, 0.1) is 6.10 Å². The summed E-state index contributed by atoms with van der Waals surface area (Å²) < 4.78 is 0.